The van der Waals surface area contributed by atoms with Gasteiger partial charge in [-0.3, -0.25) is 0 Å². The second-order valence-electron chi connectivity index (χ2n) is 3.70. The fourth-order valence-corrected chi connectivity index (χ4v) is 1.91. The lowest BCUT2D eigenvalue weighted by Crippen LogP contribution is -2.26. The maximum atomic E-state index is 11.0. The molecule has 0 fully saturated rings. The third-order valence-corrected chi connectivity index (χ3v) is 3.12. The first-order valence-electron chi connectivity index (χ1n) is 4.87. The van der Waals surface area contributed by atoms with Crippen LogP contribution in [0.25, 0.3) is 0 Å². The highest BCUT2D eigenvalue weighted by atomic mass is 32.2. The SMILES string of the molecule is CN(CCS(C)(=O)=O)c1ncccc1CO. The molecule has 0 aliphatic carbocycles. The van der Waals surface area contributed by atoms with E-state index in [4.69, 9.17) is 5.11 Å². The van der Waals surface area contributed by atoms with E-state index in [2.05, 4.69) is 4.98 Å². The molecule has 0 bridgehead atoms. The van der Waals surface area contributed by atoms with Crippen molar-refractivity contribution in [2.24, 2.45) is 0 Å². The molecule has 5 nitrogen and oxygen atoms in total. The van der Waals surface area contributed by atoms with Gasteiger partial charge in [-0.15, -0.1) is 0 Å². The van der Waals surface area contributed by atoms with Crippen LogP contribution < -0.4 is 4.90 Å². The van der Waals surface area contributed by atoms with Crippen LogP contribution in [-0.4, -0.2) is 44.1 Å². The average Bonchev–Trinajstić information content (AvgIpc) is 2.25. The van der Waals surface area contributed by atoms with Crippen LogP contribution in [0.5, 0.6) is 0 Å². The Morgan fingerprint density at radius 2 is 2.19 bits per heavy atom. The van der Waals surface area contributed by atoms with Crippen LogP contribution in [0.2, 0.25) is 0 Å². The third kappa shape index (κ3) is 3.79. The van der Waals surface area contributed by atoms with Gasteiger partial charge < -0.3 is 10.0 Å². The number of anilines is 1. The van der Waals surface area contributed by atoms with Crippen LogP contribution in [0.3, 0.4) is 0 Å². The molecule has 0 aliphatic heterocycles. The molecule has 0 saturated carbocycles. The molecule has 6 heteroatoms. The molecule has 1 heterocycles. The van der Waals surface area contributed by atoms with Crippen LogP contribution >= 0.6 is 0 Å². The Kier molecular flexibility index (Phi) is 4.26. The van der Waals surface area contributed by atoms with Gasteiger partial charge in [-0.2, -0.15) is 0 Å². The van der Waals surface area contributed by atoms with Crippen molar-refractivity contribution in [1.29, 1.82) is 0 Å². The van der Waals surface area contributed by atoms with E-state index in [9.17, 15) is 8.42 Å². The summed E-state index contributed by atoms with van der Waals surface area (Å²) in [5.74, 6) is 0.693. The molecule has 90 valence electrons. The summed E-state index contributed by atoms with van der Waals surface area (Å²) >= 11 is 0. The van der Waals surface area contributed by atoms with Crippen LogP contribution in [0.15, 0.2) is 18.3 Å². The van der Waals surface area contributed by atoms with Gasteiger partial charge in [0.1, 0.15) is 15.7 Å². The predicted octanol–water partition coefficient (Wildman–Crippen LogP) is 0.0547. The van der Waals surface area contributed by atoms with Crippen LogP contribution in [0.1, 0.15) is 5.56 Å². The van der Waals surface area contributed by atoms with Crippen molar-refractivity contribution >= 4 is 15.7 Å². The number of sulfone groups is 1. The highest BCUT2D eigenvalue weighted by Gasteiger charge is 2.10. The van der Waals surface area contributed by atoms with Crippen molar-refractivity contribution in [2.75, 3.05) is 30.5 Å². The minimum absolute atomic E-state index is 0.0743. The molecule has 0 atom stereocenters. The number of aromatic nitrogens is 1. The van der Waals surface area contributed by atoms with E-state index >= 15 is 0 Å². The number of rotatable bonds is 5. The molecule has 1 rings (SSSR count). The van der Waals surface area contributed by atoms with E-state index in [0.717, 1.165) is 0 Å². The van der Waals surface area contributed by atoms with Gasteiger partial charge in [0, 0.05) is 31.6 Å². The number of hydrogen-bond acceptors (Lipinski definition) is 5. The van der Waals surface area contributed by atoms with Crippen LogP contribution in [0.4, 0.5) is 5.82 Å². The lowest BCUT2D eigenvalue weighted by molar-refractivity contribution is 0.281. The van der Waals surface area contributed by atoms with E-state index in [0.29, 0.717) is 17.9 Å². The van der Waals surface area contributed by atoms with Gasteiger partial charge >= 0.3 is 0 Å². The van der Waals surface area contributed by atoms with Gasteiger partial charge in [0.25, 0.3) is 0 Å². The van der Waals surface area contributed by atoms with Gasteiger partial charge in [-0.1, -0.05) is 6.07 Å². The van der Waals surface area contributed by atoms with Crippen LogP contribution in [-0.2, 0) is 16.4 Å². The first-order chi connectivity index (χ1) is 7.44. The predicted molar refractivity (Wildman–Crippen MR) is 63.1 cm³/mol. The number of nitrogens with zero attached hydrogens (tertiary/aromatic N) is 2. The largest absolute Gasteiger partial charge is 0.392 e. The summed E-state index contributed by atoms with van der Waals surface area (Å²) < 4.78 is 22.1. The molecule has 0 amide bonds. The van der Waals surface area contributed by atoms with Gasteiger partial charge in [-0.25, -0.2) is 13.4 Å². The van der Waals surface area contributed by atoms with E-state index < -0.39 is 9.84 Å². The summed E-state index contributed by atoms with van der Waals surface area (Å²) in [6.07, 6.45) is 2.82. The van der Waals surface area contributed by atoms with Gasteiger partial charge in [0.15, 0.2) is 0 Å². The summed E-state index contributed by atoms with van der Waals surface area (Å²) in [5.41, 5.74) is 0.693. The minimum atomic E-state index is -2.98. The zero-order valence-corrected chi connectivity index (χ0v) is 10.2. The Morgan fingerprint density at radius 3 is 2.75 bits per heavy atom. The van der Waals surface area contributed by atoms with Crippen molar-refractivity contribution in [3.8, 4) is 0 Å². The Hall–Kier alpha value is -1.14. The fourth-order valence-electron chi connectivity index (χ4n) is 1.31. The lowest BCUT2D eigenvalue weighted by atomic mass is 10.2. The molecular formula is C10H16N2O3S. The van der Waals surface area contributed by atoms with Crippen molar-refractivity contribution < 1.29 is 13.5 Å². The standard InChI is InChI=1S/C10H16N2O3S/c1-12(6-7-16(2,14)15)10-9(8-13)4-3-5-11-10/h3-5,13H,6-8H2,1-2H3. The summed E-state index contributed by atoms with van der Waals surface area (Å²) in [5, 5.41) is 9.11. The third-order valence-electron chi connectivity index (χ3n) is 2.20. The van der Waals surface area contributed by atoms with Gasteiger partial charge in [0.2, 0.25) is 0 Å². The highest BCUT2D eigenvalue weighted by molar-refractivity contribution is 7.90. The fraction of sp³-hybridized carbons (Fsp3) is 0.500. The normalized spacial score (nSPS) is 11.4. The topological polar surface area (TPSA) is 70.5 Å². The van der Waals surface area contributed by atoms with E-state index in [-0.39, 0.29) is 12.4 Å². The Bertz CT molecular complexity index is 445. The molecule has 16 heavy (non-hydrogen) atoms. The first kappa shape index (κ1) is 12.9. The molecule has 0 aromatic carbocycles. The molecular weight excluding hydrogens is 228 g/mol. The lowest BCUT2D eigenvalue weighted by Gasteiger charge is -2.19. The molecule has 0 saturated heterocycles. The van der Waals surface area contributed by atoms with Crippen LogP contribution in [0, 0.1) is 0 Å². The van der Waals surface area contributed by atoms with Gasteiger partial charge in [0.05, 0.1) is 12.4 Å². The maximum absolute atomic E-state index is 11.0. The quantitative estimate of drug-likeness (QED) is 0.792. The maximum Gasteiger partial charge on any atom is 0.149 e. The summed E-state index contributed by atoms with van der Waals surface area (Å²) in [7, 11) is -1.22. The molecule has 0 aliphatic rings. The summed E-state index contributed by atoms with van der Waals surface area (Å²) in [6.45, 7) is 0.259. The monoisotopic (exact) mass is 244 g/mol. The zero-order valence-electron chi connectivity index (χ0n) is 9.42. The van der Waals surface area contributed by atoms with E-state index in [1.165, 1.54) is 6.26 Å². The van der Waals surface area contributed by atoms with Crippen molar-refractivity contribution in [2.45, 2.75) is 6.61 Å². The number of aliphatic hydroxyl groups excluding tert-OH is 1. The summed E-state index contributed by atoms with van der Waals surface area (Å²) in [6, 6.07) is 3.50. The smallest absolute Gasteiger partial charge is 0.149 e. The Labute approximate surface area is 95.7 Å². The number of aliphatic hydroxyl groups is 1. The molecule has 0 unspecified atom stereocenters. The second kappa shape index (κ2) is 5.27. The molecule has 0 spiro atoms. The van der Waals surface area contributed by atoms with Crippen molar-refractivity contribution in [1.82, 2.24) is 4.98 Å². The number of pyridine rings is 1. The molecule has 1 aromatic rings. The molecule has 1 N–H and O–H groups in total. The zero-order chi connectivity index (χ0) is 12.2. The summed E-state index contributed by atoms with van der Waals surface area (Å²) in [4.78, 5) is 5.85. The van der Waals surface area contributed by atoms with E-state index in [1.54, 1.807) is 30.3 Å². The highest BCUT2D eigenvalue weighted by Crippen LogP contribution is 2.15. The Morgan fingerprint density at radius 1 is 1.50 bits per heavy atom. The van der Waals surface area contributed by atoms with E-state index in [1.807, 2.05) is 0 Å². The molecule has 0 radical (unpaired) electrons. The van der Waals surface area contributed by atoms with Gasteiger partial charge in [-0.05, 0) is 6.07 Å². The van der Waals surface area contributed by atoms with Crippen molar-refractivity contribution in [3.05, 3.63) is 23.9 Å². The minimum Gasteiger partial charge on any atom is -0.392 e. The first-order valence-corrected chi connectivity index (χ1v) is 6.93. The Balaban J connectivity index is 2.76. The molecule has 1 aromatic heterocycles. The second-order valence-corrected chi connectivity index (χ2v) is 5.96. The van der Waals surface area contributed by atoms with Crippen molar-refractivity contribution in [3.63, 3.8) is 0 Å². The average molecular weight is 244 g/mol. The number of hydrogen-bond donors (Lipinski definition) is 1.